The number of aliphatic hydroxyl groups is 1. The van der Waals surface area contributed by atoms with Gasteiger partial charge in [-0.15, -0.1) is 0 Å². The molecule has 1 unspecified atom stereocenters. The largest absolute Gasteiger partial charge is 0.461 e. The van der Waals surface area contributed by atoms with Crippen LogP contribution in [0.25, 0.3) is 0 Å². The molecular weight excluding hydrogens is 254 g/mol. The van der Waals surface area contributed by atoms with Crippen molar-refractivity contribution in [2.24, 2.45) is 5.73 Å². The second-order valence-electron chi connectivity index (χ2n) is 4.42. The van der Waals surface area contributed by atoms with Crippen LogP contribution in [-0.2, 0) is 16.0 Å². The highest BCUT2D eigenvalue weighted by Gasteiger charge is 2.25. The number of esters is 1. The molecule has 0 bridgehead atoms. The lowest BCUT2D eigenvalue weighted by atomic mass is 10.0. The lowest BCUT2D eigenvalue weighted by Gasteiger charge is -2.19. The Balaban J connectivity index is 2.56. The monoisotopic (exact) mass is 271 g/mol. The first kappa shape index (κ1) is 15.0. The fraction of sp³-hybridized carbons (Fsp3) is 0.462. The van der Waals surface area contributed by atoms with Gasteiger partial charge in [-0.05, 0) is 38.0 Å². The Labute approximate surface area is 112 Å². The molecule has 0 aliphatic carbocycles. The third-order valence-electron chi connectivity index (χ3n) is 2.38. The molecule has 2 atom stereocenters. The van der Waals surface area contributed by atoms with Gasteiger partial charge < -0.3 is 15.6 Å². The quantitative estimate of drug-likeness (QED) is 0.797. The number of benzene rings is 1. The summed E-state index contributed by atoms with van der Waals surface area (Å²) in [6, 6.07) is 6.40. The molecule has 0 aliphatic heterocycles. The van der Waals surface area contributed by atoms with Crippen LogP contribution < -0.4 is 5.73 Å². The van der Waals surface area contributed by atoms with Gasteiger partial charge >= 0.3 is 5.97 Å². The highest BCUT2D eigenvalue weighted by molar-refractivity contribution is 6.30. The van der Waals surface area contributed by atoms with Gasteiger partial charge in [0.2, 0.25) is 0 Å². The summed E-state index contributed by atoms with van der Waals surface area (Å²) in [6.07, 6.45) is -1.20. The predicted octanol–water partition coefficient (Wildman–Crippen LogP) is 1.52. The van der Waals surface area contributed by atoms with E-state index in [4.69, 9.17) is 22.1 Å². The molecule has 0 radical (unpaired) electrons. The van der Waals surface area contributed by atoms with Crippen molar-refractivity contribution in [2.75, 3.05) is 0 Å². The minimum atomic E-state index is -1.32. The average Bonchev–Trinajstić information content (AvgIpc) is 2.30. The summed E-state index contributed by atoms with van der Waals surface area (Å²) in [4.78, 5) is 11.5. The van der Waals surface area contributed by atoms with Gasteiger partial charge in [0.05, 0.1) is 6.10 Å². The van der Waals surface area contributed by atoms with Crippen molar-refractivity contribution in [2.45, 2.75) is 38.5 Å². The van der Waals surface area contributed by atoms with Crippen LogP contribution in [0.3, 0.4) is 0 Å². The Bertz CT molecular complexity index is 392. The van der Waals surface area contributed by atoms with Gasteiger partial charge in [0.1, 0.15) is 0 Å². The normalized spacial score (nSPS) is 14.3. The number of nitrogens with two attached hydrogens (primary N) is 1. The van der Waals surface area contributed by atoms with Crippen LogP contribution in [0.1, 0.15) is 19.4 Å². The molecule has 0 fully saturated rings. The summed E-state index contributed by atoms with van der Waals surface area (Å²) in [6.45, 7) is 3.44. The number of ether oxygens (including phenoxy) is 1. The van der Waals surface area contributed by atoms with Crippen molar-refractivity contribution in [1.82, 2.24) is 0 Å². The van der Waals surface area contributed by atoms with Crippen LogP contribution in [-0.4, -0.2) is 29.3 Å². The molecule has 3 N–H and O–H groups in total. The van der Waals surface area contributed by atoms with Crippen molar-refractivity contribution in [3.63, 3.8) is 0 Å². The molecule has 100 valence electrons. The minimum absolute atomic E-state index is 0.269. The molecular formula is C13H18ClNO3. The fourth-order valence-corrected chi connectivity index (χ4v) is 1.61. The van der Waals surface area contributed by atoms with E-state index in [2.05, 4.69) is 0 Å². The van der Waals surface area contributed by atoms with Crippen molar-refractivity contribution in [1.29, 1.82) is 0 Å². The molecule has 0 spiro atoms. The summed E-state index contributed by atoms with van der Waals surface area (Å²) >= 11 is 5.76. The zero-order chi connectivity index (χ0) is 13.7. The first-order valence-corrected chi connectivity index (χ1v) is 6.16. The molecule has 1 rings (SSSR count). The predicted molar refractivity (Wildman–Crippen MR) is 70.4 cm³/mol. The highest BCUT2D eigenvalue weighted by Crippen LogP contribution is 2.12. The first-order chi connectivity index (χ1) is 8.40. The third-order valence-corrected chi connectivity index (χ3v) is 2.64. The van der Waals surface area contributed by atoms with Gasteiger partial charge in [0.25, 0.3) is 0 Å². The average molecular weight is 272 g/mol. The lowest BCUT2D eigenvalue weighted by molar-refractivity contribution is -0.158. The van der Waals surface area contributed by atoms with Gasteiger partial charge in [-0.1, -0.05) is 23.7 Å². The summed E-state index contributed by atoms with van der Waals surface area (Å²) in [5.41, 5.74) is 6.69. The molecule has 4 nitrogen and oxygen atoms in total. The summed E-state index contributed by atoms with van der Waals surface area (Å²) in [5.74, 6) is -0.688. The molecule has 0 aliphatic rings. The fourth-order valence-electron chi connectivity index (χ4n) is 1.48. The Morgan fingerprint density at radius 3 is 2.44 bits per heavy atom. The number of rotatable bonds is 5. The van der Waals surface area contributed by atoms with Gasteiger partial charge in [-0.2, -0.15) is 0 Å². The number of hydrogen-bond donors (Lipinski definition) is 2. The van der Waals surface area contributed by atoms with Crippen LogP contribution in [0.5, 0.6) is 0 Å². The van der Waals surface area contributed by atoms with E-state index in [1.165, 1.54) is 0 Å². The summed E-state index contributed by atoms with van der Waals surface area (Å²) in [5, 5.41) is 10.4. The Kier molecular flexibility index (Phi) is 5.59. The van der Waals surface area contributed by atoms with Gasteiger partial charge in [-0.25, -0.2) is 4.79 Å². The number of aliphatic hydroxyl groups excluding tert-OH is 1. The lowest BCUT2D eigenvalue weighted by Crippen LogP contribution is -2.43. The number of carbonyl (C=O) groups is 1. The molecule has 18 heavy (non-hydrogen) atoms. The Morgan fingerprint density at radius 1 is 1.39 bits per heavy atom. The Hall–Kier alpha value is -1.10. The molecule has 0 heterocycles. The third kappa shape index (κ3) is 4.64. The number of carbonyl (C=O) groups excluding carboxylic acids is 1. The molecule has 1 aromatic rings. The summed E-state index contributed by atoms with van der Waals surface area (Å²) in [7, 11) is 0. The molecule has 0 saturated heterocycles. The van der Waals surface area contributed by atoms with Crippen LogP contribution in [0.15, 0.2) is 24.3 Å². The second-order valence-corrected chi connectivity index (χ2v) is 4.86. The van der Waals surface area contributed by atoms with Crippen molar-refractivity contribution in [3.05, 3.63) is 34.9 Å². The SMILES string of the molecule is CC(C)OC(=O)C(O)[C@@H](N)Cc1ccc(Cl)cc1. The van der Waals surface area contributed by atoms with Crippen LogP contribution in [0, 0.1) is 0 Å². The standard InChI is InChI=1S/C13H18ClNO3/c1-8(2)18-13(17)12(16)11(15)7-9-3-5-10(14)6-4-9/h3-6,8,11-12,16H,7,15H2,1-2H3/t11-,12?/m0/s1. The van der Waals surface area contributed by atoms with E-state index in [0.717, 1.165) is 5.56 Å². The van der Waals surface area contributed by atoms with E-state index in [9.17, 15) is 9.90 Å². The maximum absolute atomic E-state index is 11.5. The maximum Gasteiger partial charge on any atom is 0.336 e. The smallest absolute Gasteiger partial charge is 0.336 e. The molecule has 1 aromatic carbocycles. The van der Waals surface area contributed by atoms with E-state index in [1.807, 2.05) is 12.1 Å². The van der Waals surface area contributed by atoms with E-state index in [0.29, 0.717) is 11.4 Å². The highest BCUT2D eigenvalue weighted by atomic mass is 35.5. The van der Waals surface area contributed by atoms with Crippen LogP contribution >= 0.6 is 11.6 Å². The molecule has 5 heteroatoms. The summed E-state index contributed by atoms with van der Waals surface area (Å²) < 4.78 is 4.90. The molecule has 0 aromatic heterocycles. The van der Waals surface area contributed by atoms with E-state index < -0.39 is 18.1 Å². The topological polar surface area (TPSA) is 72.5 Å². The number of halogens is 1. The zero-order valence-corrected chi connectivity index (χ0v) is 11.2. The van der Waals surface area contributed by atoms with Gasteiger partial charge in [-0.3, -0.25) is 0 Å². The van der Waals surface area contributed by atoms with Gasteiger partial charge in [0, 0.05) is 11.1 Å². The van der Waals surface area contributed by atoms with Gasteiger partial charge in [0.15, 0.2) is 6.10 Å². The van der Waals surface area contributed by atoms with E-state index >= 15 is 0 Å². The van der Waals surface area contributed by atoms with E-state index in [1.54, 1.807) is 26.0 Å². The van der Waals surface area contributed by atoms with Crippen LogP contribution in [0.2, 0.25) is 5.02 Å². The van der Waals surface area contributed by atoms with Crippen molar-refractivity contribution >= 4 is 17.6 Å². The van der Waals surface area contributed by atoms with Crippen LogP contribution in [0.4, 0.5) is 0 Å². The zero-order valence-electron chi connectivity index (χ0n) is 10.5. The minimum Gasteiger partial charge on any atom is -0.461 e. The Morgan fingerprint density at radius 2 is 1.94 bits per heavy atom. The molecule has 0 amide bonds. The first-order valence-electron chi connectivity index (χ1n) is 5.78. The second kappa shape index (κ2) is 6.73. The molecule has 0 saturated carbocycles. The van der Waals surface area contributed by atoms with Crippen molar-refractivity contribution in [3.8, 4) is 0 Å². The number of hydrogen-bond acceptors (Lipinski definition) is 4. The van der Waals surface area contributed by atoms with Crippen molar-refractivity contribution < 1.29 is 14.6 Å². The maximum atomic E-state index is 11.5. The van der Waals surface area contributed by atoms with E-state index in [-0.39, 0.29) is 6.10 Å².